The summed E-state index contributed by atoms with van der Waals surface area (Å²) in [7, 11) is -2.25. The average Bonchev–Trinajstić information content (AvgIpc) is 3.17. The largest absolute Gasteiger partial charge is 0.497 e. The number of esters is 1. The van der Waals surface area contributed by atoms with E-state index in [4.69, 9.17) is 27.2 Å². The third-order valence-electron chi connectivity index (χ3n) is 7.43. The van der Waals surface area contributed by atoms with Crippen LogP contribution in [0.25, 0.3) is 0 Å². The van der Waals surface area contributed by atoms with Gasteiger partial charge >= 0.3 is 23.1 Å². The summed E-state index contributed by atoms with van der Waals surface area (Å²) in [5.41, 5.74) is 1.39. The summed E-state index contributed by atoms with van der Waals surface area (Å²) >= 11 is 1.77. The molecule has 2 aliphatic rings. The fraction of sp³-hybridized carbons (Fsp3) is 0.731. The van der Waals surface area contributed by atoms with E-state index in [-0.39, 0.29) is 22.4 Å². The molecule has 0 spiro atoms. The molecule has 2 fully saturated rings. The van der Waals surface area contributed by atoms with Gasteiger partial charge in [0.05, 0.1) is 32.2 Å². The number of thioether (sulfide) groups is 1. The van der Waals surface area contributed by atoms with Crippen LogP contribution in [0.15, 0.2) is 18.2 Å². The zero-order valence-electron chi connectivity index (χ0n) is 23.5. The van der Waals surface area contributed by atoms with Crippen molar-refractivity contribution in [1.29, 1.82) is 0 Å². The second kappa shape index (κ2) is 11.8. The minimum atomic E-state index is -2.78. The summed E-state index contributed by atoms with van der Waals surface area (Å²) in [6, 6.07) is 5.10. The molecule has 2 heterocycles. The number of carbonyl (C=O) groups is 1. The molecule has 0 saturated carbocycles. The number of hydrogen-bond acceptors (Lipinski definition) is 8. The molecule has 36 heavy (non-hydrogen) atoms. The molecular weight excluding hydrogens is 513 g/mol. The van der Waals surface area contributed by atoms with Crippen LogP contribution in [0, 0.1) is 0 Å². The van der Waals surface area contributed by atoms with Crippen molar-refractivity contribution in [3.63, 3.8) is 0 Å². The van der Waals surface area contributed by atoms with Crippen LogP contribution in [0.1, 0.15) is 65.7 Å². The lowest BCUT2D eigenvalue weighted by Gasteiger charge is -2.51. The molecule has 3 atom stereocenters. The Hall–Kier alpha value is -1.05. The first-order chi connectivity index (χ1) is 16.9. The van der Waals surface area contributed by atoms with Crippen LogP contribution < -0.4 is 9.47 Å². The summed E-state index contributed by atoms with van der Waals surface area (Å²) in [5.74, 6) is 1.26. The molecule has 10 heteroatoms. The van der Waals surface area contributed by atoms with Crippen molar-refractivity contribution in [2.24, 2.45) is 0 Å². The van der Waals surface area contributed by atoms with E-state index in [0.717, 1.165) is 0 Å². The molecule has 3 unspecified atom stereocenters. The fourth-order valence-electron chi connectivity index (χ4n) is 5.35. The highest BCUT2D eigenvalue weighted by Crippen LogP contribution is 2.48. The first kappa shape index (κ1) is 29.5. The molecule has 7 nitrogen and oxygen atoms in total. The maximum absolute atomic E-state index is 13.3. The van der Waals surface area contributed by atoms with Gasteiger partial charge < -0.3 is 27.2 Å². The van der Waals surface area contributed by atoms with Crippen molar-refractivity contribution in [3.8, 4) is 11.5 Å². The highest BCUT2D eigenvalue weighted by Gasteiger charge is 2.60. The van der Waals surface area contributed by atoms with Crippen molar-refractivity contribution in [2.45, 2.75) is 95.0 Å². The minimum absolute atomic E-state index is 0.0817. The van der Waals surface area contributed by atoms with E-state index < -0.39 is 29.2 Å². The second-order valence-corrected chi connectivity index (χ2v) is 21.1. The number of fused-ring (bicyclic) bond motifs is 1. The third-order valence-corrected chi connectivity index (χ3v) is 19.0. The highest BCUT2D eigenvalue weighted by atomic mass is 32.2. The fourth-order valence-corrected chi connectivity index (χ4v) is 18.1. The van der Waals surface area contributed by atoms with Gasteiger partial charge in [0.1, 0.15) is 23.2 Å². The summed E-state index contributed by atoms with van der Waals surface area (Å²) in [6.07, 6.45) is -0.686. The van der Waals surface area contributed by atoms with Gasteiger partial charge in [0.2, 0.25) is 0 Å². The quantitative estimate of drug-likeness (QED) is 0.273. The van der Waals surface area contributed by atoms with E-state index in [2.05, 4.69) is 55.4 Å². The van der Waals surface area contributed by atoms with Crippen LogP contribution in [0.5, 0.6) is 11.5 Å². The van der Waals surface area contributed by atoms with Gasteiger partial charge in [0.25, 0.3) is 0 Å². The summed E-state index contributed by atoms with van der Waals surface area (Å²) in [4.78, 5) is 13.3. The molecule has 0 aliphatic carbocycles. The van der Waals surface area contributed by atoms with Gasteiger partial charge in [-0.25, -0.2) is 4.79 Å². The lowest BCUT2D eigenvalue weighted by molar-refractivity contribution is -0.0190. The Morgan fingerprint density at radius 2 is 1.56 bits per heavy atom. The lowest BCUT2D eigenvalue weighted by atomic mass is 10.1. The minimum Gasteiger partial charge on any atom is -0.497 e. The average molecular weight is 557 g/mol. The Morgan fingerprint density at radius 1 is 0.944 bits per heavy atom. The molecule has 0 aromatic heterocycles. The number of carbonyl (C=O) groups excluding carboxylic acids is 1. The normalized spacial score (nSPS) is 25.6. The highest BCUT2D eigenvalue weighted by molar-refractivity contribution is 8.00. The maximum Gasteiger partial charge on any atom is 0.342 e. The molecule has 1 aromatic carbocycles. The van der Waals surface area contributed by atoms with Crippen LogP contribution in [0.2, 0.25) is 22.2 Å². The standard InChI is InChI=1S/C26H44O7SSi2/c1-16(2)35(17(3)4)30-14-24-25(32-36(33-35,18(5)6)19(7)8)23(15-34-24)31-26(27)21-12-11-20(28-9)13-22(21)29-10/h11-13,16-19,23-25H,14-15H2,1-10H3. The number of hydrogen-bond donors (Lipinski definition) is 0. The van der Waals surface area contributed by atoms with Gasteiger partial charge in [-0.1, -0.05) is 55.4 Å². The number of methoxy groups -OCH3 is 2. The van der Waals surface area contributed by atoms with Crippen molar-refractivity contribution in [2.75, 3.05) is 26.6 Å². The van der Waals surface area contributed by atoms with Crippen LogP contribution in [0.3, 0.4) is 0 Å². The summed E-state index contributed by atoms with van der Waals surface area (Å²) in [5, 5.41) is 0.0817. The van der Waals surface area contributed by atoms with Gasteiger partial charge in [-0.3, -0.25) is 0 Å². The smallest absolute Gasteiger partial charge is 0.342 e. The molecule has 2 aliphatic heterocycles. The van der Waals surface area contributed by atoms with Gasteiger partial charge in [-0.15, -0.1) is 11.8 Å². The van der Waals surface area contributed by atoms with Crippen LogP contribution >= 0.6 is 11.8 Å². The van der Waals surface area contributed by atoms with Crippen molar-refractivity contribution >= 4 is 34.9 Å². The summed E-state index contributed by atoms with van der Waals surface area (Å²) in [6.45, 7) is 18.2. The Bertz CT molecular complexity index is 892. The zero-order chi connectivity index (χ0) is 26.8. The van der Waals surface area contributed by atoms with Crippen molar-refractivity contribution in [3.05, 3.63) is 23.8 Å². The zero-order valence-corrected chi connectivity index (χ0v) is 26.3. The number of rotatable bonds is 8. The van der Waals surface area contributed by atoms with Crippen molar-refractivity contribution < 1.29 is 32.0 Å². The predicted molar refractivity (Wildman–Crippen MR) is 149 cm³/mol. The predicted octanol–water partition coefficient (Wildman–Crippen LogP) is 6.30. The maximum atomic E-state index is 13.3. The van der Waals surface area contributed by atoms with Gasteiger partial charge in [-0.2, -0.15) is 0 Å². The molecule has 0 bridgehead atoms. The molecular formula is C26H44O7SSi2. The van der Waals surface area contributed by atoms with Crippen LogP contribution in [-0.2, 0) is 17.7 Å². The van der Waals surface area contributed by atoms with E-state index in [9.17, 15) is 4.79 Å². The van der Waals surface area contributed by atoms with E-state index >= 15 is 0 Å². The Kier molecular flexibility index (Phi) is 9.65. The molecule has 3 rings (SSSR count). The SMILES string of the molecule is COc1ccc(C(=O)OC2CSC3CO[Si](C(C)C)(C(C)C)O[Si](C(C)C)(C(C)C)OC23)c(OC)c1. The Balaban J connectivity index is 1.94. The van der Waals surface area contributed by atoms with Crippen LogP contribution in [-0.4, -0.2) is 67.1 Å². The van der Waals surface area contributed by atoms with Gasteiger partial charge in [0.15, 0.2) is 0 Å². The van der Waals surface area contributed by atoms with E-state index in [0.29, 0.717) is 40.5 Å². The Labute approximate surface area is 223 Å². The Morgan fingerprint density at radius 3 is 2.08 bits per heavy atom. The first-order valence-corrected chi connectivity index (χ1v) is 18.0. The second-order valence-electron chi connectivity index (χ2n) is 10.9. The molecule has 1 aromatic rings. The van der Waals surface area contributed by atoms with Crippen LogP contribution in [0.4, 0.5) is 0 Å². The van der Waals surface area contributed by atoms with E-state index in [1.807, 2.05) is 0 Å². The molecule has 0 amide bonds. The number of ether oxygens (including phenoxy) is 3. The molecule has 2 saturated heterocycles. The molecule has 0 N–H and O–H groups in total. The van der Waals surface area contributed by atoms with Gasteiger partial charge in [-0.05, 0) is 34.3 Å². The van der Waals surface area contributed by atoms with E-state index in [1.165, 1.54) is 7.11 Å². The molecule has 204 valence electrons. The van der Waals surface area contributed by atoms with Crippen molar-refractivity contribution in [1.82, 2.24) is 0 Å². The number of benzene rings is 1. The topological polar surface area (TPSA) is 72.5 Å². The first-order valence-electron chi connectivity index (χ1n) is 13.0. The molecule has 0 radical (unpaired) electrons. The van der Waals surface area contributed by atoms with E-state index in [1.54, 1.807) is 37.1 Å². The third kappa shape index (κ3) is 5.54. The van der Waals surface area contributed by atoms with Gasteiger partial charge in [0, 0.05) is 11.8 Å². The monoisotopic (exact) mass is 556 g/mol. The summed E-state index contributed by atoms with van der Waals surface area (Å²) < 4.78 is 38.0. The lowest BCUT2D eigenvalue weighted by Crippen LogP contribution is -2.65.